The lowest BCUT2D eigenvalue weighted by atomic mass is 10.2. The van der Waals surface area contributed by atoms with Crippen LogP contribution in [0.3, 0.4) is 0 Å². The maximum absolute atomic E-state index is 12.2. The van der Waals surface area contributed by atoms with Crippen LogP contribution in [0.2, 0.25) is 0 Å². The van der Waals surface area contributed by atoms with E-state index < -0.39 is 5.91 Å². The van der Waals surface area contributed by atoms with Crippen LogP contribution in [0.1, 0.15) is 23.0 Å². The van der Waals surface area contributed by atoms with E-state index in [1.807, 2.05) is 19.1 Å². The maximum Gasteiger partial charge on any atom is 0.307 e. The third-order valence-corrected chi connectivity index (χ3v) is 4.63. The molecule has 1 aromatic heterocycles. The summed E-state index contributed by atoms with van der Waals surface area (Å²) in [5, 5.41) is 14.6. The molecule has 0 unspecified atom stereocenters. The third kappa shape index (κ3) is 4.08. The van der Waals surface area contributed by atoms with Crippen LogP contribution in [-0.2, 0) is 0 Å². The van der Waals surface area contributed by atoms with E-state index in [0.717, 1.165) is 9.86 Å². The second-order valence-electron chi connectivity index (χ2n) is 5.27. The summed E-state index contributed by atoms with van der Waals surface area (Å²) in [5.41, 5.74) is 3.67. The zero-order chi connectivity index (χ0) is 18.7. The fourth-order valence-electron chi connectivity index (χ4n) is 2.27. The predicted molar refractivity (Wildman–Crippen MR) is 106 cm³/mol. The molecule has 0 spiro atoms. The molecule has 1 heterocycles. The number of hydrazone groups is 1. The number of nitrogens with zero attached hydrogens (tertiary/aromatic N) is 1. The van der Waals surface area contributed by atoms with Gasteiger partial charge in [-0.2, -0.15) is 5.10 Å². The molecule has 0 fully saturated rings. The second-order valence-corrected chi connectivity index (χ2v) is 7.04. The van der Waals surface area contributed by atoms with Gasteiger partial charge in [0.2, 0.25) is 0 Å². The minimum atomic E-state index is -0.464. The quantitative estimate of drug-likeness (QED) is 0.404. The van der Waals surface area contributed by atoms with Gasteiger partial charge in [-0.05, 0) is 59.3 Å². The molecule has 0 atom stereocenters. The number of aromatic hydroxyl groups is 1. The van der Waals surface area contributed by atoms with Crippen LogP contribution in [0.5, 0.6) is 11.5 Å². The number of halogens is 2. The van der Waals surface area contributed by atoms with Crippen molar-refractivity contribution in [3.8, 4) is 11.5 Å². The Labute approximate surface area is 166 Å². The van der Waals surface area contributed by atoms with Crippen LogP contribution in [0.25, 0.3) is 11.0 Å². The highest BCUT2D eigenvalue weighted by molar-refractivity contribution is 9.10. The van der Waals surface area contributed by atoms with Crippen molar-refractivity contribution in [2.45, 2.75) is 6.92 Å². The van der Waals surface area contributed by atoms with Crippen LogP contribution in [0, 0.1) is 0 Å². The lowest BCUT2D eigenvalue weighted by molar-refractivity contribution is 0.0929. The highest BCUT2D eigenvalue weighted by Crippen LogP contribution is 2.31. The van der Waals surface area contributed by atoms with Crippen molar-refractivity contribution in [3.05, 3.63) is 56.7 Å². The number of amides is 1. The SMILES string of the molecule is CCOc1cc(/C=N\NC(=O)c2cc3cc(Br)ccc3o2)c(Br)cc1O. The predicted octanol–water partition coefficient (Wildman–Crippen LogP) is 4.83. The van der Waals surface area contributed by atoms with Crippen LogP contribution in [0.15, 0.2) is 54.9 Å². The van der Waals surface area contributed by atoms with Gasteiger partial charge in [-0.1, -0.05) is 15.9 Å². The van der Waals surface area contributed by atoms with Gasteiger partial charge in [-0.15, -0.1) is 0 Å². The van der Waals surface area contributed by atoms with Crippen molar-refractivity contribution < 1.29 is 19.1 Å². The number of nitrogens with one attached hydrogen (secondary N) is 1. The maximum atomic E-state index is 12.2. The van der Waals surface area contributed by atoms with Crippen LogP contribution >= 0.6 is 31.9 Å². The molecule has 134 valence electrons. The number of rotatable bonds is 5. The van der Waals surface area contributed by atoms with Crippen molar-refractivity contribution in [1.82, 2.24) is 5.43 Å². The molecule has 0 saturated carbocycles. The average Bonchev–Trinajstić information content (AvgIpc) is 3.02. The Bertz CT molecular complexity index is 998. The molecule has 1 amide bonds. The van der Waals surface area contributed by atoms with E-state index in [4.69, 9.17) is 9.15 Å². The normalized spacial score (nSPS) is 11.2. The van der Waals surface area contributed by atoms with Crippen molar-refractivity contribution in [2.75, 3.05) is 6.61 Å². The number of carbonyl (C=O) groups excluding carboxylic acids is 1. The lowest BCUT2D eigenvalue weighted by Gasteiger charge is -2.08. The van der Waals surface area contributed by atoms with Crippen molar-refractivity contribution in [3.63, 3.8) is 0 Å². The molecule has 0 aliphatic rings. The Balaban J connectivity index is 1.75. The summed E-state index contributed by atoms with van der Waals surface area (Å²) in [6.45, 7) is 2.24. The van der Waals surface area contributed by atoms with Gasteiger partial charge in [0.15, 0.2) is 17.3 Å². The highest BCUT2D eigenvalue weighted by Gasteiger charge is 2.12. The Kier molecular flexibility index (Phi) is 5.63. The van der Waals surface area contributed by atoms with E-state index in [2.05, 4.69) is 42.4 Å². The number of furan rings is 1. The minimum Gasteiger partial charge on any atom is -0.504 e. The molecule has 2 aromatic carbocycles. The summed E-state index contributed by atoms with van der Waals surface area (Å²) < 4.78 is 12.4. The lowest BCUT2D eigenvalue weighted by Crippen LogP contribution is -2.16. The van der Waals surface area contributed by atoms with Crippen molar-refractivity contribution >= 4 is 55.0 Å². The highest BCUT2D eigenvalue weighted by atomic mass is 79.9. The molecule has 0 aliphatic carbocycles. The number of hydrogen-bond acceptors (Lipinski definition) is 5. The second kappa shape index (κ2) is 7.92. The molecular formula is C18H14Br2N2O4. The van der Waals surface area contributed by atoms with E-state index in [-0.39, 0.29) is 11.5 Å². The monoisotopic (exact) mass is 480 g/mol. The molecule has 0 aliphatic heterocycles. The zero-order valence-electron chi connectivity index (χ0n) is 13.6. The first-order valence-corrected chi connectivity index (χ1v) is 9.24. The van der Waals surface area contributed by atoms with Gasteiger partial charge in [0.25, 0.3) is 0 Å². The van der Waals surface area contributed by atoms with Crippen molar-refractivity contribution in [2.24, 2.45) is 5.10 Å². The van der Waals surface area contributed by atoms with Gasteiger partial charge in [-0.25, -0.2) is 5.43 Å². The first kappa shape index (κ1) is 18.5. The molecular weight excluding hydrogens is 468 g/mol. The van der Waals surface area contributed by atoms with E-state index in [1.165, 1.54) is 12.3 Å². The molecule has 8 heteroatoms. The molecule has 6 nitrogen and oxygen atoms in total. The van der Waals surface area contributed by atoms with E-state index in [9.17, 15) is 9.90 Å². The van der Waals surface area contributed by atoms with Gasteiger partial charge in [-0.3, -0.25) is 4.79 Å². The molecule has 0 saturated heterocycles. The van der Waals surface area contributed by atoms with Crippen LogP contribution < -0.4 is 10.2 Å². The van der Waals surface area contributed by atoms with Crippen LogP contribution in [-0.4, -0.2) is 23.8 Å². The Morgan fingerprint density at radius 1 is 1.31 bits per heavy atom. The van der Waals surface area contributed by atoms with Gasteiger partial charge >= 0.3 is 5.91 Å². The number of ether oxygens (including phenoxy) is 1. The first-order valence-electron chi connectivity index (χ1n) is 7.65. The average molecular weight is 482 g/mol. The first-order chi connectivity index (χ1) is 12.5. The fourth-order valence-corrected chi connectivity index (χ4v) is 3.08. The van der Waals surface area contributed by atoms with Crippen molar-refractivity contribution in [1.29, 1.82) is 0 Å². The Morgan fingerprint density at radius 3 is 2.88 bits per heavy atom. The van der Waals surface area contributed by atoms with Gasteiger partial charge in [0, 0.05) is 19.9 Å². The topological polar surface area (TPSA) is 84.1 Å². The van der Waals surface area contributed by atoms with E-state index in [1.54, 1.807) is 18.2 Å². The van der Waals surface area contributed by atoms with Gasteiger partial charge in [0.05, 0.1) is 12.8 Å². The molecule has 0 bridgehead atoms. The molecule has 0 radical (unpaired) electrons. The van der Waals surface area contributed by atoms with Crippen LogP contribution in [0.4, 0.5) is 0 Å². The van der Waals surface area contributed by atoms with E-state index >= 15 is 0 Å². The third-order valence-electron chi connectivity index (χ3n) is 3.45. The number of hydrogen-bond donors (Lipinski definition) is 2. The summed E-state index contributed by atoms with van der Waals surface area (Å²) >= 11 is 6.71. The minimum absolute atomic E-state index is 0.0216. The summed E-state index contributed by atoms with van der Waals surface area (Å²) in [6, 6.07) is 10.3. The Hall–Kier alpha value is -2.32. The van der Waals surface area contributed by atoms with Gasteiger partial charge < -0.3 is 14.3 Å². The molecule has 3 aromatic rings. The molecule has 2 N–H and O–H groups in total. The summed E-state index contributed by atoms with van der Waals surface area (Å²) in [6.07, 6.45) is 1.45. The largest absolute Gasteiger partial charge is 0.504 e. The van der Waals surface area contributed by atoms with Gasteiger partial charge in [0.1, 0.15) is 5.58 Å². The fraction of sp³-hybridized carbons (Fsp3) is 0.111. The zero-order valence-corrected chi connectivity index (χ0v) is 16.8. The number of benzene rings is 2. The summed E-state index contributed by atoms with van der Waals surface area (Å²) in [5.74, 6) is 0.0585. The number of fused-ring (bicyclic) bond motifs is 1. The number of carbonyl (C=O) groups is 1. The smallest absolute Gasteiger partial charge is 0.307 e. The number of phenolic OH excluding ortho intramolecular Hbond substituents is 1. The van der Waals surface area contributed by atoms with E-state index in [0.29, 0.717) is 28.0 Å². The summed E-state index contributed by atoms with van der Waals surface area (Å²) in [7, 11) is 0. The summed E-state index contributed by atoms with van der Waals surface area (Å²) in [4.78, 5) is 12.2. The Morgan fingerprint density at radius 2 is 2.12 bits per heavy atom. The standard InChI is InChI=1S/C18H14Br2N2O4/c1-2-25-16-7-11(13(20)8-14(16)23)9-21-22-18(24)17-6-10-5-12(19)3-4-15(10)26-17/h3-9,23H,2H2,1H3,(H,22,24)/b21-9-. The number of phenols is 1. The molecule has 26 heavy (non-hydrogen) atoms. The molecule has 3 rings (SSSR count).